The number of piperidine rings is 1. The maximum absolute atomic E-state index is 13.7. The molecule has 0 aromatic heterocycles. The second-order valence-corrected chi connectivity index (χ2v) is 8.05. The van der Waals surface area contributed by atoms with Crippen LogP contribution in [-0.2, 0) is 11.3 Å². The number of benzene rings is 1. The highest BCUT2D eigenvalue weighted by molar-refractivity contribution is 5.78. The minimum atomic E-state index is -0.289. The Hall–Kier alpha value is -1.46. The summed E-state index contributed by atoms with van der Waals surface area (Å²) in [5.74, 6) is 0.543. The third-order valence-electron chi connectivity index (χ3n) is 6.06. The monoisotopic (exact) mass is 362 g/mol. The largest absolute Gasteiger partial charge is 0.393 e. The number of hydrogen-bond donors (Lipinski definition) is 2. The summed E-state index contributed by atoms with van der Waals surface area (Å²) in [7, 11) is 0. The molecule has 1 heterocycles. The molecule has 0 bridgehead atoms. The maximum Gasteiger partial charge on any atom is 0.234 e. The van der Waals surface area contributed by atoms with Crippen LogP contribution in [0.15, 0.2) is 24.3 Å². The lowest BCUT2D eigenvalue weighted by atomic mass is 9.74. The van der Waals surface area contributed by atoms with Gasteiger partial charge in [0.15, 0.2) is 0 Å². The molecule has 1 aliphatic heterocycles. The molecule has 2 fully saturated rings. The molecule has 1 saturated carbocycles. The summed E-state index contributed by atoms with van der Waals surface area (Å²) in [6.07, 6.45) is 6.06. The standard InChI is InChI=1S/C21H31FN2O2/c1-15-9-10-20(25)17(12-15)19-8-4-5-11-24(19)14-21(26)23-13-16-6-2-3-7-18(16)22/h2-3,6-7,15,17,19-20,25H,4-5,8-14H2,1H3,(H,23,26). The van der Waals surface area contributed by atoms with Gasteiger partial charge in [-0.15, -0.1) is 0 Å². The van der Waals surface area contributed by atoms with Gasteiger partial charge in [0.25, 0.3) is 0 Å². The number of likely N-dealkylation sites (tertiary alicyclic amines) is 1. The number of nitrogens with one attached hydrogen (secondary N) is 1. The van der Waals surface area contributed by atoms with Gasteiger partial charge in [-0.3, -0.25) is 9.69 Å². The van der Waals surface area contributed by atoms with Gasteiger partial charge >= 0.3 is 0 Å². The van der Waals surface area contributed by atoms with E-state index < -0.39 is 0 Å². The molecule has 1 amide bonds. The molecule has 1 aromatic rings. The van der Waals surface area contributed by atoms with Crippen molar-refractivity contribution < 1.29 is 14.3 Å². The van der Waals surface area contributed by atoms with E-state index in [1.807, 2.05) is 0 Å². The minimum absolute atomic E-state index is 0.0708. The van der Waals surface area contributed by atoms with Crippen LogP contribution in [0.4, 0.5) is 4.39 Å². The van der Waals surface area contributed by atoms with E-state index >= 15 is 0 Å². The van der Waals surface area contributed by atoms with E-state index in [1.165, 1.54) is 6.07 Å². The van der Waals surface area contributed by atoms with Gasteiger partial charge in [0, 0.05) is 24.1 Å². The Bertz CT molecular complexity index is 609. The van der Waals surface area contributed by atoms with Crippen LogP contribution in [0.1, 0.15) is 51.0 Å². The third-order valence-corrected chi connectivity index (χ3v) is 6.06. The number of carbonyl (C=O) groups excluding carboxylic acids is 1. The number of amides is 1. The van der Waals surface area contributed by atoms with E-state index in [0.29, 0.717) is 18.0 Å². The Balaban J connectivity index is 1.57. The molecule has 3 rings (SSSR count). The number of carbonyl (C=O) groups is 1. The van der Waals surface area contributed by atoms with Crippen molar-refractivity contribution in [3.05, 3.63) is 35.6 Å². The van der Waals surface area contributed by atoms with Crippen molar-refractivity contribution in [3.63, 3.8) is 0 Å². The number of rotatable bonds is 5. The molecule has 1 saturated heterocycles. The zero-order valence-corrected chi connectivity index (χ0v) is 15.7. The van der Waals surface area contributed by atoms with Gasteiger partial charge in [-0.2, -0.15) is 0 Å². The highest BCUT2D eigenvalue weighted by Gasteiger charge is 2.37. The van der Waals surface area contributed by atoms with E-state index in [4.69, 9.17) is 0 Å². The predicted octanol–water partition coefficient (Wildman–Crippen LogP) is 3.09. The molecular weight excluding hydrogens is 331 g/mol. The van der Waals surface area contributed by atoms with Crippen molar-refractivity contribution in [1.29, 1.82) is 0 Å². The second-order valence-electron chi connectivity index (χ2n) is 8.05. The molecule has 4 atom stereocenters. The van der Waals surface area contributed by atoms with Gasteiger partial charge in [-0.05, 0) is 50.6 Å². The van der Waals surface area contributed by atoms with Crippen LogP contribution in [-0.4, -0.2) is 41.1 Å². The third kappa shape index (κ3) is 4.83. The topological polar surface area (TPSA) is 52.6 Å². The SMILES string of the molecule is CC1CCC(O)C(C2CCCCN2CC(=O)NCc2ccccc2F)C1. The quantitative estimate of drug-likeness (QED) is 0.846. The van der Waals surface area contributed by atoms with Crippen molar-refractivity contribution in [1.82, 2.24) is 10.2 Å². The molecular formula is C21H31FN2O2. The first-order valence-electron chi connectivity index (χ1n) is 9.97. The lowest BCUT2D eigenvalue weighted by molar-refractivity contribution is -0.124. The molecule has 5 heteroatoms. The van der Waals surface area contributed by atoms with Crippen LogP contribution in [0.3, 0.4) is 0 Å². The fraction of sp³-hybridized carbons (Fsp3) is 0.667. The van der Waals surface area contributed by atoms with E-state index in [0.717, 1.165) is 45.1 Å². The average molecular weight is 362 g/mol. The molecule has 0 spiro atoms. The summed E-state index contributed by atoms with van der Waals surface area (Å²) in [6, 6.07) is 6.81. The summed E-state index contributed by atoms with van der Waals surface area (Å²) < 4.78 is 13.7. The lowest BCUT2D eigenvalue weighted by Crippen LogP contribution is -2.52. The lowest BCUT2D eigenvalue weighted by Gasteiger charge is -2.44. The first-order chi connectivity index (χ1) is 12.5. The highest BCUT2D eigenvalue weighted by atomic mass is 19.1. The predicted molar refractivity (Wildman–Crippen MR) is 100.0 cm³/mol. The van der Waals surface area contributed by atoms with Gasteiger partial charge in [0.2, 0.25) is 5.91 Å². The first kappa shape index (κ1) is 19.3. The Morgan fingerprint density at radius 1 is 1.27 bits per heavy atom. The summed E-state index contributed by atoms with van der Waals surface area (Å²) in [4.78, 5) is 14.7. The molecule has 26 heavy (non-hydrogen) atoms. The molecule has 4 unspecified atom stereocenters. The number of halogens is 1. The fourth-order valence-electron chi connectivity index (χ4n) is 4.60. The fourth-order valence-corrected chi connectivity index (χ4v) is 4.60. The molecule has 1 aromatic carbocycles. The van der Waals surface area contributed by atoms with Crippen LogP contribution in [0.2, 0.25) is 0 Å². The zero-order valence-electron chi connectivity index (χ0n) is 15.7. The average Bonchev–Trinajstić information content (AvgIpc) is 2.64. The number of aliphatic hydroxyl groups is 1. The van der Waals surface area contributed by atoms with Crippen molar-refractivity contribution in [3.8, 4) is 0 Å². The van der Waals surface area contributed by atoms with Crippen molar-refractivity contribution in [2.45, 2.75) is 64.1 Å². The van der Waals surface area contributed by atoms with Crippen LogP contribution in [0.5, 0.6) is 0 Å². The smallest absolute Gasteiger partial charge is 0.234 e. The molecule has 2 N–H and O–H groups in total. The second kappa shape index (κ2) is 8.96. The normalized spacial score (nSPS) is 30.1. The number of aliphatic hydroxyl groups excluding tert-OH is 1. The Morgan fingerprint density at radius 2 is 2.08 bits per heavy atom. The van der Waals surface area contributed by atoms with E-state index in [1.54, 1.807) is 18.2 Å². The van der Waals surface area contributed by atoms with Gasteiger partial charge in [-0.25, -0.2) is 4.39 Å². The summed E-state index contributed by atoms with van der Waals surface area (Å²) in [6.45, 7) is 3.70. The first-order valence-corrected chi connectivity index (χ1v) is 9.97. The Kier molecular flexibility index (Phi) is 6.65. The van der Waals surface area contributed by atoms with Crippen molar-refractivity contribution >= 4 is 5.91 Å². The van der Waals surface area contributed by atoms with Gasteiger partial charge in [0.1, 0.15) is 5.82 Å². The summed E-state index contributed by atoms with van der Waals surface area (Å²) in [5.41, 5.74) is 0.507. The summed E-state index contributed by atoms with van der Waals surface area (Å²) in [5, 5.41) is 13.4. The highest BCUT2D eigenvalue weighted by Crippen LogP contribution is 2.36. The van der Waals surface area contributed by atoms with Crippen LogP contribution >= 0.6 is 0 Å². The maximum atomic E-state index is 13.7. The molecule has 144 valence electrons. The van der Waals surface area contributed by atoms with Gasteiger partial charge in [-0.1, -0.05) is 31.5 Å². The molecule has 2 aliphatic rings. The molecule has 4 nitrogen and oxygen atoms in total. The van der Waals surface area contributed by atoms with Crippen molar-refractivity contribution in [2.24, 2.45) is 11.8 Å². The van der Waals surface area contributed by atoms with E-state index in [9.17, 15) is 14.3 Å². The minimum Gasteiger partial charge on any atom is -0.393 e. The zero-order chi connectivity index (χ0) is 18.5. The number of nitrogens with zero attached hydrogens (tertiary/aromatic N) is 1. The molecule has 0 radical (unpaired) electrons. The van der Waals surface area contributed by atoms with Gasteiger partial charge < -0.3 is 10.4 Å². The van der Waals surface area contributed by atoms with Crippen LogP contribution in [0, 0.1) is 17.7 Å². The summed E-state index contributed by atoms with van der Waals surface area (Å²) >= 11 is 0. The van der Waals surface area contributed by atoms with Crippen molar-refractivity contribution in [2.75, 3.05) is 13.1 Å². The number of hydrogen-bond acceptors (Lipinski definition) is 3. The van der Waals surface area contributed by atoms with Crippen LogP contribution in [0.25, 0.3) is 0 Å². The van der Waals surface area contributed by atoms with E-state index in [-0.39, 0.29) is 36.3 Å². The van der Waals surface area contributed by atoms with Gasteiger partial charge in [0.05, 0.1) is 12.6 Å². The van der Waals surface area contributed by atoms with Crippen LogP contribution < -0.4 is 5.32 Å². The molecule has 1 aliphatic carbocycles. The Labute approximate surface area is 155 Å². The Morgan fingerprint density at radius 3 is 2.88 bits per heavy atom. The van der Waals surface area contributed by atoms with E-state index in [2.05, 4.69) is 17.1 Å².